The van der Waals surface area contributed by atoms with E-state index in [1.54, 1.807) is 24.3 Å². The van der Waals surface area contributed by atoms with Gasteiger partial charge >= 0.3 is 6.18 Å². The number of amides is 1. The third kappa shape index (κ3) is 5.02. The number of alkyl halides is 3. The lowest BCUT2D eigenvalue weighted by Gasteiger charge is -2.09. The smallest absolute Gasteiger partial charge is 0.416 e. The van der Waals surface area contributed by atoms with Crippen LogP contribution in [-0.4, -0.2) is 10.1 Å². The second-order valence-electron chi connectivity index (χ2n) is 5.74. The maximum Gasteiger partial charge on any atom is 0.416 e. The second-order valence-corrected chi connectivity index (χ2v) is 7.63. The first-order valence-corrected chi connectivity index (χ1v) is 9.63. The molecule has 3 aromatic rings. The maximum atomic E-state index is 12.7. The lowest BCUT2D eigenvalue weighted by molar-refractivity contribution is -0.137. The molecular weight excluding hydrogens is 415 g/mol. The molecule has 0 saturated carbocycles. The van der Waals surface area contributed by atoms with E-state index in [9.17, 15) is 22.2 Å². The molecule has 3 rings (SSSR count). The van der Waals surface area contributed by atoms with Gasteiger partial charge in [-0.05, 0) is 54.6 Å². The Morgan fingerprint density at radius 1 is 1.07 bits per heavy atom. The molecule has 0 radical (unpaired) electrons. The first kappa shape index (κ1) is 20.2. The van der Waals surface area contributed by atoms with E-state index in [1.165, 1.54) is 24.3 Å². The highest BCUT2D eigenvalue weighted by molar-refractivity contribution is 7.84. The quantitative estimate of drug-likeness (QED) is 0.584. The van der Waals surface area contributed by atoms with E-state index in [2.05, 4.69) is 5.32 Å². The fraction of sp³-hybridized carbons (Fsp3) is 0.105. The molecule has 28 heavy (non-hydrogen) atoms. The summed E-state index contributed by atoms with van der Waals surface area (Å²) in [6.45, 7) is 0. The van der Waals surface area contributed by atoms with Crippen molar-refractivity contribution in [1.82, 2.24) is 0 Å². The summed E-state index contributed by atoms with van der Waals surface area (Å²) in [4.78, 5) is 12.8. The summed E-state index contributed by atoms with van der Waals surface area (Å²) >= 11 is 5.79. The van der Waals surface area contributed by atoms with E-state index in [4.69, 9.17) is 16.0 Å². The van der Waals surface area contributed by atoms with E-state index >= 15 is 0 Å². The molecule has 1 aromatic heterocycles. The number of furan rings is 1. The van der Waals surface area contributed by atoms with Gasteiger partial charge in [0, 0.05) is 15.6 Å². The van der Waals surface area contributed by atoms with Crippen LogP contribution in [0.25, 0.3) is 0 Å². The van der Waals surface area contributed by atoms with Crippen LogP contribution >= 0.6 is 11.6 Å². The Balaban J connectivity index is 1.67. The lowest BCUT2D eigenvalue weighted by atomic mass is 10.2. The fourth-order valence-corrected chi connectivity index (χ4v) is 3.49. The van der Waals surface area contributed by atoms with Crippen LogP contribution in [0.3, 0.4) is 0 Å². The van der Waals surface area contributed by atoms with Crippen LogP contribution < -0.4 is 5.32 Å². The number of carbonyl (C=O) groups excluding carboxylic acids is 1. The number of hydrogen-bond acceptors (Lipinski definition) is 3. The molecule has 1 N–H and O–H groups in total. The number of nitrogens with one attached hydrogen (secondary N) is 1. The van der Waals surface area contributed by atoms with Gasteiger partial charge in [0.2, 0.25) is 0 Å². The monoisotopic (exact) mass is 427 g/mol. The summed E-state index contributed by atoms with van der Waals surface area (Å²) in [6, 6.07) is 13.6. The van der Waals surface area contributed by atoms with Crippen molar-refractivity contribution in [3.05, 3.63) is 82.8 Å². The molecule has 0 spiro atoms. The zero-order chi connectivity index (χ0) is 20.3. The fourth-order valence-electron chi connectivity index (χ4n) is 2.34. The molecule has 0 saturated heterocycles. The highest BCUT2D eigenvalue weighted by atomic mass is 35.5. The zero-order valence-corrected chi connectivity index (χ0v) is 15.7. The van der Waals surface area contributed by atoms with E-state index in [1.807, 2.05) is 0 Å². The molecule has 1 amide bonds. The van der Waals surface area contributed by atoms with Crippen molar-refractivity contribution in [2.75, 3.05) is 5.32 Å². The maximum absolute atomic E-state index is 12.7. The van der Waals surface area contributed by atoms with Gasteiger partial charge in [0.05, 0.1) is 22.1 Å². The average molecular weight is 428 g/mol. The zero-order valence-electron chi connectivity index (χ0n) is 14.1. The second kappa shape index (κ2) is 8.20. The van der Waals surface area contributed by atoms with Gasteiger partial charge in [0.1, 0.15) is 5.76 Å². The van der Waals surface area contributed by atoms with Crippen LogP contribution in [-0.2, 0) is 22.7 Å². The summed E-state index contributed by atoms with van der Waals surface area (Å²) in [6.07, 6.45) is -4.51. The summed E-state index contributed by atoms with van der Waals surface area (Å²) in [5, 5.41) is 2.87. The van der Waals surface area contributed by atoms with Crippen molar-refractivity contribution in [3.63, 3.8) is 0 Å². The molecule has 1 heterocycles. The number of carbonyl (C=O) groups is 1. The molecule has 9 heteroatoms. The standard InChI is InChI=1S/C19H13ClF3NO3S/c20-13-4-7-16(8-5-13)28(26)11-15-6-9-17(27-15)18(25)24-14-3-1-2-12(10-14)19(21,22)23/h1-10H,11H2,(H,24,25)/t28-/m1/s1. The topological polar surface area (TPSA) is 59.3 Å². The minimum atomic E-state index is -4.51. The van der Waals surface area contributed by atoms with Gasteiger partial charge in [0.15, 0.2) is 5.76 Å². The van der Waals surface area contributed by atoms with Crippen molar-refractivity contribution in [2.45, 2.75) is 16.8 Å². The third-order valence-electron chi connectivity index (χ3n) is 3.68. The number of benzene rings is 2. The molecule has 0 unspecified atom stereocenters. The molecule has 0 aliphatic heterocycles. The van der Waals surface area contributed by atoms with Crippen molar-refractivity contribution < 1.29 is 26.6 Å². The molecule has 0 aliphatic carbocycles. The molecule has 0 aliphatic rings. The Kier molecular flexibility index (Phi) is 5.90. The van der Waals surface area contributed by atoms with Crippen molar-refractivity contribution in [1.29, 1.82) is 0 Å². The van der Waals surface area contributed by atoms with Crippen LogP contribution in [0.4, 0.5) is 18.9 Å². The normalized spacial score (nSPS) is 12.6. The van der Waals surface area contributed by atoms with Crippen molar-refractivity contribution in [2.24, 2.45) is 0 Å². The average Bonchev–Trinajstić information content (AvgIpc) is 3.10. The predicted molar refractivity (Wildman–Crippen MR) is 99.7 cm³/mol. The first-order chi connectivity index (χ1) is 13.2. The van der Waals surface area contributed by atoms with Crippen LogP contribution in [0, 0.1) is 0 Å². The van der Waals surface area contributed by atoms with Gasteiger partial charge in [-0.25, -0.2) is 0 Å². The van der Waals surface area contributed by atoms with Crippen LogP contribution in [0.1, 0.15) is 21.9 Å². The number of halogens is 4. The van der Waals surface area contributed by atoms with Crippen molar-refractivity contribution in [3.8, 4) is 0 Å². The lowest BCUT2D eigenvalue weighted by Crippen LogP contribution is -2.12. The summed E-state index contributed by atoms with van der Waals surface area (Å²) in [5.41, 5.74) is -0.883. The highest BCUT2D eigenvalue weighted by Crippen LogP contribution is 2.30. The Morgan fingerprint density at radius 2 is 1.79 bits per heavy atom. The third-order valence-corrected chi connectivity index (χ3v) is 5.28. The Labute approximate surface area is 165 Å². The molecule has 0 fully saturated rings. The molecule has 2 aromatic carbocycles. The number of rotatable bonds is 5. The van der Waals surface area contributed by atoms with Gasteiger partial charge in [0.25, 0.3) is 5.91 Å². The van der Waals surface area contributed by atoms with Crippen LogP contribution in [0.15, 0.2) is 70.0 Å². The molecule has 4 nitrogen and oxygen atoms in total. The van der Waals surface area contributed by atoms with Crippen LogP contribution in [0.5, 0.6) is 0 Å². The van der Waals surface area contributed by atoms with E-state index in [-0.39, 0.29) is 17.2 Å². The minimum Gasteiger partial charge on any atom is -0.455 e. The summed E-state index contributed by atoms with van der Waals surface area (Å²) in [5.74, 6) is -0.454. The summed E-state index contributed by atoms with van der Waals surface area (Å²) in [7, 11) is -1.40. The van der Waals surface area contributed by atoms with Gasteiger partial charge in [-0.1, -0.05) is 17.7 Å². The summed E-state index contributed by atoms with van der Waals surface area (Å²) < 4.78 is 55.9. The molecule has 0 bridgehead atoms. The molecular formula is C19H13ClF3NO3S. The highest BCUT2D eigenvalue weighted by Gasteiger charge is 2.30. The van der Waals surface area contributed by atoms with Crippen LogP contribution in [0.2, 0.25) is 5.02 Å². The Bertz CT molecular complexity index is 1020. The first-order valence-electron chi connectivity index (χ1n) is 7.93. The Morgan fingerprint density at radius 3 is 2.46 bits per heavy atom. The largest absolute Gasteiger partial charge is 0.455 e. The minimum absolute atomic E-state index is 0.0116. The van der Waals surface area contributed by atoms with Gasteiger partial charge in [-0.15, -0.1) is 0 Å². The number of hydrogen-bond donors (Lipinski definition) is 1. The number of anilines is 1. The van der Waals surface area contributed by atoms with Gasteiger partial charge in [-0.3, -0.25) is 9.00 Å². The van der Waals surface area contributed by atoms with Gasteiger partial charge < -0.3 is 9.73 Å². The predicted octanol–water partition coefficient (Wildman–Crippen LogP) is 5.51. The van der Waals surface area contributed by atoms with Crippen molar-refractivity contribution >= 4 is 34.0 Å². The SMILES string of the molecule is O=C(Nc1cccc(C(F)(F)F)c1)c1ccc(C[S@@](=O)c2ccc(Cl)cc2)o1. The molecule has 1 atom stereocenters. The van der Waals surface area contributed by atoms with E-state index in [0.717, 1.165) is 12.1 Å². The van der Waals surface area contributed by atoms with E-state index in [0.29, 0.717) is 15.7 Å². The molecule has 146 valence electrons. The Hall–Kier alpha value is -2.58. The van der Waals surface area contributed by atoms with E-state index < -0.39 is 28.4 Å². The van der Waals surface area contributed by atoms with Gasteiger partial charge in [-0.2, -0.15) is 13.2 Å².